The minimum absolute atomic E-state index is 0.213. The van der Waals surface area contributed by atoms with Crippen LogP contribution < -0.4 is 5.32 Å². The Labute approximate surface area is 139 Å². The molecule has 0 atom stereocenters. The standard InChI is InChI=1S/C17H19N3O2S/c1-11-10-23-16(19-11)17(2,3)18-8-9-20-14(21)12-6-4-5-7-13(12)15(20)22/h4-7,10,18H,8-9H2,1-3H3. The lowest BCUT2D eigenvalue weighted by Gasteiger charge is -2.25. The minimum Gasteiger partial charge on any atom is -0.304 e. The maximum Gasteiger partial charge on any atom is 0.261 e. The van der Waals surface area contributed by atoms with E-state index in [-0.39, 0.29) is 17.4 Å². The van der Waals surface area contributed by atoms with Gasteiger partial charge in [-0.2, -0.15) is 0 Å². The molecule has 23 heavy (non-hydrogen) atoms. The Morgan fingerprint density at radius 2 is 1.78 bits per heavy atom. The van der Waals surface area contributed by atoms with Crippen LogP contribution in [0.1, 0.15) is 45.3 Å². The van der Waals surface area contributed by atoms with Gasteiger partial charge < -0.3 is 5.32 Å². The van der Waals surface area contributed by atoms with Crippen molar-refractivity contribution in [2.45, 2.75) is 26.3 Å². The van der Waals surface area contributed by atoms with Crippen LogP contribution in [0.4, 0.5) is 0 Å². The van der Waals surface area contributed by atoms with Crippen molar-refractivity contribution in [2.24, 2.45) is 0 Å². The monoisotopic (exact) mass is 329 g/mol. The third-order valence-corrected chi connectivity index (χ3v) is 5.22. The van der Waals surface area contributed by atoms with E-state index < -0.39 is 0 Å². The smallest absolute Gasteiger partial charge is 0.261 e. The number of aryl methyl sites for hydroxylation is 1. The van der Waals surface area contributed by atoms with Crippen LogP contribution in [-0.4, -0.2) is 34.8 Å². The molecule has 2 heterocycles. The van der Waals surface area contributed by atoms with Crippen LogP contribution in [0.15, 0.2) is 29.6 Å². The van der Waals surface area contributed by atoms with Gasteiger partial charge in [-0.3, -0.25) is 14.5 Å². The Bertz CT molecular complexity index is 732. The van der Waals surface area contributed by atoms with Gasteiger partial charge in [0.15, 0.2) is 0 Å². The van der Waals surface area contributed by atoms with Gasteiger partial charge in [0.25, 0.3) is 11.8 Å². The molecule has 0 saturated heterocycles. The Balaban J connectivity index is 1.64. The number of benzene rings is 1. The second-order valence-corrected chi connectivity index (χ2v) is 7.01. The molecule has 0 aliphatic carbocycles. The van der Waals surface area contributed by atoms with E-state index >= 15 is 0 Å². The Morgan fingerprint density at radius 3 is 2.30 bits per heavy atom. The molecule has 1 aliphatic heterocycles. The molecule has 5 nitrogen and oxygen atoms in total. The van der Waals surface area contributed by atoms with Gasteiger partial charge in [0, 0.05) is 24.2 Å². The fraction of sp³-hybridized carbons (Fsp3) is 0.353. The van der Waals surface area contributed by atoms with Crippen molar-refractivity contribution in [2.75, 3.05) is 13.1 Å². The third-order valence-electron chi connectivity index (χ3n) is 3.93. The predicted molar refractivity (Wildman–Crippen MR) is 89.7 cm³/mol. The predicted octanol–water partition coefficient (Wildman–Crippen LogP) is 2.57. The molecule has 120 valence electrons. The van der Waals surface area contributed by atoms with E-state index in [0.29, 0.717) is 24.2 Å². The van der Waals surface area contributed by atoms with Gasteiger partial charge in [0.2, 0.25) is 0 Å². The molecule has 0 saturated carbocycles. The van der Waals surface area contributed by atoms with Gasteiger partial charge in [0.1, 0.15) is 5.01 Å². The van der Waals surface area contributed by atoms with Gasteiger partial charge in [-0.1, -0.05) is 12.1 Å². The van der Waals surface area contributed by atoms with Gasteiger partial charge in [-0.05, 0) is 32.9 Å². The van der Waals surface area contributed by atoms with Crippen LogP contribution in [0.25, 0.3) is 0 Å². The Kier molecular flexibility index (Phi) is 4.04. The quantitative estimate of drug-likeness (QED) is 0.857. The molecule has 0 spiro atoms. The number of carbonyl (C=O) groups is 2. The number of thiazole rings is 1. The summed E-state index contributed by atoms with van der Waals surface area (Å²) in [5.41, 5.74) is 1.69. The molecular weight excluding hydrogens is 310 g/mol. The van der Waals surface area contributed by atoms with Crippen molar-refractivity contribution >= 4 is 23.2 Å². The van der Waals surface area contributed by atoms with E-state index in [2.05, 4.69) is 10.3 Å². The minimum atomic E-state index is -0.294. The summed E-state index contributed by atoms with van der Waals surface area (Å²) in [6, 6.07) is 6.95. The zero-order valence-corrected chi connectivity index (χ0v) is 14.2. The first-order chi connectivity index (χ1) is 10.9. The molecule has 1 N–H and O–H groups in total. The number of aromatic nitrogens is 1. The number of carbonyl (C=O) groups excluding carboxylic acids is 2. The summed E-state index contributed by atoms with van der Waals surface area (Å²) in [6.45, 7) is 6.94. The van der Waals surface area contributed by atoms with Gasteiger partial charge in [-0.25, -0.2) is 4.98 Å². The summed E-state index contributed by atoms with van der Waals surface area (Å²) in [4.78, 5) is 30.4. The summed E-state index contributed by atoms with van der Waals surface area (Å²) >= 11 is 1.61. The highest BCUT2D eigenvalue weighted by atomic mass is 32.1. The SMILES string of the molecule is Cc1csc(C(C)(C)NCCN2C(=O)c3ccccc3C2=O)n1. The van der Waals surface area contributed by atoms with E-state index in [4.69, 9.17) is 0 Å². The first kappa shape index (κ1) is 15.8. The molecule has 1 aromatic carbocycles. The summed E-state index contributed by atoms with van der Waals surface area (Å²) in [6.07, 6.45) is 0. The highest BCUT2D eigenvalue weighted by molar-refractivity contribution is 7.09. The molecule has 1 aliphatic rings. The topological polar surface area (TPSA) is 62.3 Å². The summed E-state index contributed by atoms with van der Waals surface area (Å²) in [5, 5.41) is 6.40. The number of nitrogens with one attached hydrogen (secondary N) is 1. The molecule has 1 aromatic heterocycles. The third kappa shape index (κ3) is 2.92. The van der Waals surface area contributed by atoms with Crippen LogP contribution in [0.2, 0.25) is 0 Å². The van der Waals surface area contributed by atoms with Crippen molar-refractivity contribution in [3.8, 4) is 0 Å². The lowest BCUT2D eigenvalue weighted by Crippen LogP contribution is -2.43. The van der Waals surface area contributed by atoms with Crippen LogP contribution in [0, 0.1) is 6.92 Å². The van der Waals surface area contributed by atoms with Gasteiger partial charge >= 0.3 is 0 Å². The van der Waals surface area contributed by atoms with Crippen molar-refractivity contribution in [3.63, 3.8) is 0 Å². The second-order valence-electron chi connectivity index (χ2n) is 6.15. The van der Waals surface area contributed by atoms with Crippen molar-refractivity contribution in [1.82, 2.24) is 15.2 Å². The first-order valence-corrected chi connectivity index (χ1v) is 8.41. The molecule has 0 radical (unpaired) electrons. The highest BCUT2D eigenvalue weighted by Gasteiger charge is 2.35. The number of rotatable bonds is 5. The van der Waals surface area contributed by atoms with E-state index in [1.165, 1.54) is 4.90 Å². The fourth-order valence-corrected chi connectivity index (χ4v) is 3.54. The van der Waals surface area contributed by atoms with Crippen LogP contribution in [0.3, 0.4) is 0 Å². The lowest BCUT2D eigenvalue weighted by atomic mass is 10.1. The van der Waals surface area contributed by atoms with Gasteiger partial charge in [0.05, 0.1) is 16.7 Å². The molecule has 3 rings (SSSR count). The van der Waals surface area contributed by atoms with Crippen LogP contribution in [0.5, 0.6) is 0 Å². The van der Waals surface area contributed by atoms with Crippen molar-refractivity contribution in [1.29, 1.82) is 0 Å². The summed E-state index contributed by atoms with van der Waals surface area (Å²) in [7, 11) is 0. The lowest BCUT2D eigenvalue weighted by molar-refractivity contribution is 0.0652. The van der Waals surface area contributed by atoms with Crippen LogP contribution >= 0.6 is 11.3 Å². The number of nitrogens with zero attached hydrogens (tertiary/aromatic N) is 2. The van der Waals surface area contributed by atoms with Gasteiger partial charge in [-0.15, -0.1) is 11.3 Å². The average molecular weight is 329 g/mol. The second kappa shape index (κ2) is 5.86. The Hall–Kier alpha value is -2.05. The molecular formula is C17H19N3O2S. The number of amides is 2. The fourth-order valence-electron chi connectivity index (χ4n) is 2.64. The maximum atomic E-state index is 12.3. The molecule has 0 bridgehead atoms. The zero-order valence-electron chi connectivity index (χ0n) is 13.4. The van der Waals surface area contributed by atoms with E-state index in [9.17, 15) is 9.59 Å². The zero-order chi connectivity index (χ0) is 16.6. The van der Waals surface area contributed by atoms with Crippen molar-refractivity contribution in [3.05, 3.63) is 51.5 Å². The van der Waals surface area contributed by atoms with E-state index in [1.807, 2.05) is 26.2 Å². The molecule has 0 unspecified atom stereocenters. The van der Waals surface area contributed by atoms with E-state index in [1.54, 1.807) is 35.6 Å². The van der Waals surface area contributed by atoms with Crippen molar-refractivity contribution < 1.29 is 9.59 Å². The largest absolute Gasteiger partial charge is 0.304 e. The average Bonchev–Trinajstić information content (AvgIpc) is 3.06. The highest BCUT2D eigenvalue weighted by Crippen LogP contribution is 2.24. The number of hydrogen-bond acceptors (Lipinski definition) is 5. The summed E-state index contributed by atoms with van der Waals surface area (Å²) < 4.78 is 0. The van der Waals surface area contributed by atoms with Crippen LogP contribution in [-0.2, 0) is 5.54 Å². The number of imide groups is 1. The maximum absolute atomic E-state index is 12.3. The van der Waals surface area contributed by atoms with E-state index in [0.717, 1.165) is 10.7 Å². The Morgan fingerprint density at radius 1 is 1.17 bits per heavy atom. The summed E-state index contributed by atoms with van der Waals surface area (Å²) in [5.74, 6) is -0.425. The molecule has 2 amide bonds. The number of hydrogen-bond donors (Lipinski definition) is 1. The normalized spacial score (nSPS) is 14.5. The molecule has 6 heteroatoms. The molecule has 0 fully saturated rings. The molecule has 2 aromatic rings. The number of fused-ring (bicyclic) bond motifs is 1. The first-order valence-electron chi connectivity index (χ1n) is 7.53.